The fourth-order valence-electron chi connectivity index (χ4n) is 4.77. The number of benzene rings is 2. The lowest BCUT2D eigenvalue weighted by Gasteiger charge is -2.26. The summed E-state index contributed by atoms with van der Waals surface area (Å²) in [4.78, 5) is 21.4. The standard InChI is InChI=1S/C28H28F3N5O2/c1-2-38-25-13-20(6-7-24(25)19-4-3-5-23(29)12-19)27(37)36(11-10-35-9-8-28(30,31)18-35)17-22-15-32-14-21-16-33-34-26(21)22/h3-7,12-16H,2,8-11,17-18H2,1H3,(H,33,34). The van der Waals surface area contributed by atoms with Crippen LogP contribution in [-0.2, 0) is 6.54 Å². The number of fused-ring (bicyclic) bond motifs is 1. The van der Waals surface area contributed by atoms with Crippen molar-refractivity contribution in [1.82, 2.24) is 25.0 Å². The molecule has 0 spiro atoms. The van der Waals surface area contributed by atoms with Gasteiger partial charge in [0.25, 0.3) is 11.8 Å². The fourth-order valence-corrected chi connectivity index (χ4v) is 4.77. The van der Waals surface area contributed by atoms with E-state index in [1.807, 2.05) is 6.92 Å². The Morgan fingerprint density at radius 1 is 1.18 bits per heavy atom. The molecule has 1 aliphatic rings. The molecule has 0 aliphatic carbocycles. The van der Waals surface area contributed by atoms with E-state index >= 15 is 0 Å². The van der Waals surface area contributed by atoms with Crippen molar-refractivity contribution < 1.29 is 22.7 Å². The summed E-state index contributed by atoms with van der Waals surface area (Å²) in [7, 11) is 0. The zero-order valence-corrected chi connectivity index (χ0v) is 21.0. The molecule has 2 aromatic heterocycles. The van der Waals surface area contributed by atoms with E-state index in [-0.39, 0.29) is 44.3 Å². The Hall–Kier alpha value is -3.92. The largest absolute Gasteiger partial charge is 0.493 e. The molecule has 0 radical (unpaired) electrons. The van der Waals surface area contributed by atoms with Gasteiger partial charge < -0.3 is 9.64 Å². The van der Waals surface area contributed by atoms with E-state index in [4.69, 9.17) is 4.74 Å². The summed E-state index contributed by atoms with van der Waals surface area (Å²) >= 11 is 0. The van der Waals surface area contributed by atoms with Crippen LogP contribution in [0.5, 0.6) is 5.75 Å². The van der Waals surface area contributed by atoms with Crippen LogP contribution in [0.15, 0.2) is 61.1 Å². The number of nitrogens with zero attached hydrogens (tertiary/aromatic N) is 4. The average Bonchev–Trinajstić information content (AvgIpc) is 3.52. The first-order valence-electron chi connectivity index (χ1n) is 12.5. The van der Waals surface area contributed by atoms with Gasteiger partial charge in [-0.15, -0.1) is 0 Å². The van der Waals surface area contributed by atoms with Crippen LogP contribution in [0.3, 0.4) is 0 Å². The highest BCUT2D eigenvalue weighted by atomic mass is 19.3. The fraction of sp³-hybridized carbons (Fsp3) is 0.321. The zero-order valence-electron chi connectivity index (χ0n) is 21.0. The van der Waals surface area contributed by atoms with E-state index < -0.39 is 5.92 Å². The summed E-state index contributed by atoms with van der Waals surface area (Å²) in [5.41, 5.74) is 3.21. The van der Waals surface area contributed by atoms with Crippen molar-refractivity contribution in [2.75, 3.05) is 32.8 Å². The van der Waals surface area contributed by atoms with E-state index in [1.165, 1.54) is 12.1 Å². The second-order valence-corrected chi connectivity index (χ2v) is 9.40. The third kappa shape index (κ3) is 5.65. The number of likely N-dealkylation sites (tertiary alicyclic amines) is 1. The number of halogens is 3. The van der Waals surface area contributed by atoms with Gasteiger partial charge in [-0.3, -0.25) is 19.8 Å². The summed E-state index contributed by atoms with van der Waals surface area (Å²) < 4.78 is 47.2. The highest BCUT2D eigenvalue weighted by Gasteiger charge is 2.38. The van der Waals surface area contributed by atoms with Gasteiger partial charge in [0.1, 0.15) is 11.6 Å². The third-order valence-electron chi connectivity index (χ3n) is 6.68. The van der Waals surface area contributed by atoms with Crippen LogP contribution >= 0.6 is 0 Å². The number of ether oxygens (including phenoxy) is 1. The van der Waals surface area contributed by atoms with Crippen LogP contribution in [0, 0.1) is 5.82 Å². The van der Waals surface area contributed by atoms with Crippen LogP contribution < -0.4 is 4.74 Å². The molecule has 0 unspecified atom stereocenters. The van der Waals surface area contributed by atoms with Crippen molar-refractivity contribution in [1.29, 1.82) is 0 Å². The highest BCUT2D eigenvalue weighted by Crippen LogP contribution is 2.32. The number of aromatic nitrogens is 3. The number of carbonyl (C=O) groups excluding carboxylic acids is 1. The number of carbonyl (C=O) groups is 1. The van der Waals surface area contributed by atoms with Crippen LogP contribution in [-0.4, -0.2) is 69.6 Å². The van der Waals surface area contributed by atoms with Gasteiger partial charge in [-0.1, -0.05) is 12.1 Å². The molecule has 0 atom stereocenters. The number of pyridine rings is 1. The molecule has 1 saturated heterocycles. The molecule has 1 N–H and O–H groups in total. The van der Waals surface area contributed by atoms with Gasteiger partial charge in [-0.25, -0.2) is 13.2 Å². The molecule has 0 bridgehead atoms. The molecule has 1 fully saturated rings. The number of alkyl halides is 2. The molecule has 1 amide bonds. The SMILES string of the molecule is CCOc1cc(C(=O)N(CCN2CCC(F)(F)C2)Cc2cncc3cn[nH]c23)ccc1-c1cccc(F)c1. The van der Waals surface area contributed by atoms with Gasteiger partial charge in [0.05, 0.1) is 24.9 Å². The van der Waals surface area contributed by atoms with E-state index in [0.29, 0.717) is 35.6 Å². The molecule has 5 rings (SSSR count). The van der Waals surface area contributed by atoms with E-state index in [9.17, 15) is 18.0 Å². The number of amides is 1. The summed E-state index contributed by atoms with van der Waals surface area (Å²) in [6.07, 6.45) is 4.82. The van der Waals surface area contributed by atoms with E-state index in [1.54, 1.807) is 58.7 Å². The maximum atomic E-state index is 13.9. The number of hydrogen-bond donors (Lipinski definition) is 1. The molecule has 3 heterocycles. The van der Waals surface area contributed by atoms with Crippen molar-refractivity contribution in [3.63, 3.8) is 0 Å². The van der Waals surface area contributed by atoms with Crippen molar-refractivity contribution in [3.8, 4) is 16.9 Å². The minimum atomic E-state index is -2.71. The lowest BCUT2D eigenvalue weighted by atomic mass is 10.0. The van der Waals surface area contributed by atoms with E-state index in [2.05, 4.69) is 15.2 Å². The number of rotatable bonds is 9. The number of nitrogens with one attached hydrogen (secondary N) is 1. The van der Waals surface area contributed by atoms with Gasteiger partial charge in [-0.2, -0.15) is 5.10 Å². The van der Waals surface area contributed by atoms with Crippen molar-refractivity contribution in [2.24, 2.45) is 0 Å². The Labute approximate surface area is 218 Å². The second kappa shape index (κ2) is 10.8. The first-order chi connectivity index (χ1) is 18.3. The highest BCUT2D eigenvalue weighted by molar-refractivity contribution is 5.96. The van der Waals surface area contributed by atoms with Gasteiger partial charge in [0.15, 0.2) is 0 Å². The van der Waals surface area contributed by atoms with Crippen LogP contribution in [0.2, 0.25) is 0 Å². The summed E-state index contributed by atoms with van der Waals surface area (Å²) in [5.74, 6) is -2.90. The Morgan fingerprint density at radius 3 is 2.82 bits per heavy atom. The molecule has 7 nitrogen and oxygen atoms in total. The smallest absolute Gasteiger partial charge is 0.261 e. The molecule has 1 aliphatic heterocycles. The molecule has 10 heteroatoms. The molecule has 198 valence electrons. The Bertz CT molecular complexity index is 1440. The lowest BCUT2D eigenvalue weighted by Crippen LogP contribution is -2.38. The van der Waals surface area contributed by atoms with Gasteiger partial charge in [0, 0.05) is 67.1 Å². The summed E-state index contributed by atoms with van der Waals surface area (Å²) in [6.45, 7) is 2.93. The van der Waals surface area contributed by atoms with Crippen molar-refractivity contribution in [2.45, 2.75) is 25.8 Å². The molecule has 0 saturated carbocycles. The lowest BCUT2D eigenvalue weighted by molar-refractivity contribution is 0.0115. The van der Waals surface area contributed by atoms with Gasteiger partial charge in [-0.05, 0) is 42.8 Å². The Kier molecular flexibility index (Phi) is 7.33. The molecular formula is C28H28F3N5O2. The quantitative estimate of drug-likeness (QED) is 0.329. The predicted molar refractivity (Wildman–Crippen MR) is 138 cm³/mol. The maximum absolute atomic E-state index is 13.9. The van der Waals surface area contributed by atoms with E-state index in [0.717, 1.165) is 16.5 Å². The molecule has 38 heavy (non-hydrogen) atoms. The first kappa shape index (κ1) is 25.7. The third-order valence-corrected chi connectivity index (χ3v) is 6.68. The molecular weight excluding hydrogens is 495 g/mol. The first-order valence-corrected chi connectivity index (χ1v) is 12.5. The van der Waals surface area contributed by atoms with Crippen LogP contribution in [0.25, 0.3) is 22.0 Å². The maximum Gasteiger partial charge on any atom is 0.261 e. The molecule has 2 aromatic carbocycles. The number of hydrogen-bond acceptors (Lipinski definition) is 5. The summed E-state index contributed by atoms with van der Waals surface area (Å²) in [5, 5.41) is 7.83. The molecule has 4 aromatic rings. The summed E-state index contributed by atoms with van der Waals surface area (Å²) in [6, 6.07) is 11.2. The number of aromatic amines is 1. The minimum absolute atomic E-state index is 0.183. The van der Waals surface area contributed by atoms with Crippen LogP contribution in [0.4, 0.5) is 13.2 Å². The minimum Gasteiger partial charge on any atom is -0.493 e. The Morgan fingerprint density at radius 2 is 2.05 bits per heavy atom. The topological polar surface area (TPSA) is 74.3 Å². The van der Waals surface area contributed by atoms with Crippen LogP contribution in [0.1, 0.15) is 29.3 Å². The van der Waals surface area contributed by atoms with Crippen molar-refractivity contribution >= 4 is 16.8 Å². The monoisotopic (exact) mass is 523 g/mol. The normalized spacial score (nSPS) is 15.2. The average molecular weight is 524 g/mol. The van der Waals surface area contributed by atoms with Gasteiger partial charge in [0.2, 0.25) is 0 Å². The van der Waals surface area contributed by atoms with Gasteiger partial charge >= 0.3 is 0 Å². The zero-order chi connectivity index (χ0) is 26.7. The predicted octanol–water partition coefficient (Wildman–Crippen LogP) is 5.15. The Balaban J connectivity index is 1.44. The van der Waals surface area contributed by atoms with Crippen molar-refractivity contribution in [3.05, 3.63) is 78.0 Å². The number of H-pyrrole nitrogens is 1. The second-order valence-electron chi connectivity index (χ2n) is 9.40.